The van der Waals surface area contributed by atoms with E-state index in [1.54, 1.807) is 0 Å². The lowest BCUT2D eigenvalue weighted by molar-refractivity contribution is 1.13. The third-order valence-electron chi connectivity index (χ3n) is 3.07. The van der Waals surface area contributed by atoms with Gasteiger partial charge in [-0.3, -0.25) is 0 Å². The molecule has 0 amide bonds. The minimum absolute atomic E-state index is 0.911. The molecule has 0 saturated heterocycles. The van der Waals surface area contributed by atoms with Gasteiger partial charge in [-0.05, 0) is 36.4 Å². The Kier molecular flexibility index (Phi) is 2.83. The van der Waals surface area contributed by atoms with Gasteiger partial charge >= 0.3 is 0 Å². The fourth-order valence-electron chi connectivity index (χ4n) is 2.02. The van der Waals surface area contributed by atoms with Gasteiger partial charge in [-0.1, -0.05) is 0 Å². The predicted molar refractivity (Wildman–Crippen MR) is 80.1 cm³/mol. The summed E-state index contributed by atoms with van der Waals surface area (Å²) in [5, 5.41) is 4.46. The normalized spacial score (nSPS) is 10.6. The molecule has 0 saturated carbocycles. The van der Waals surface area contributed by atoms with E-state index in [0.717, 1.165) is 22.4 Å². The number of benzene rings is 1. The zero-order valence-corrected chi connectivity index (χ0v) is 11.0. The second-order valence-electron chi connectivity index (χ2n) is 4.71. The Morgan fingerprint density at radius 3 is 2.58 bits per heavy atom. The zero-order chi connectivity index (χ0) is 13.2. The molecule has 3 aromatic rings. The number of aromatic nitrogens is 2. The molecular formula is C15H16N4. The van der Waals surface area contributed by atoms with Crippen LogP contribution in [-0.4, -0.2) is 24.1 Å². The molecule has 2 aromatic heterocycles. The Labute approximate surface area is 112 Å². The van der Waals surface area contributed by atoms with E-state index in [1.165, 1.54) is 5.69 Å². The molecule has 0 aliphatic rings. The van der Waals surface area contributed by atoms with Crippen molar-refractivity contribution in [2.45, 2.75) is 0 Å². The number of nitrogens with zero attached hydrogens (tertiary/aromatic N) is 2. The molecule has 0 fully saturated rings. The van der Waals surface area contributed by atoms with E-state index >= 15 is 0 Å². The molecule has 0 radical (unpaired) electrons. The van der Waals surface area contributed by atoms with Crippen LogP contribution < -0.4 is 10.2 Å². The van der Waals surface area contributed by atoms with Crippen molar-refractivity contribution in [3.05, 3.63) is 48.8 Å². The first kappa shape index (κ1) is 11.6. The van der Waals surface area contributed by atoms with Crippen LogP contribution in [0.5, 0.6) is 0 Å². The van der Waals surface area contributed by atoms with Gasteiger partial charge in [0.05, 0.1) is 11.9 Å². The van der Waals surface area contributed by atoms with Gasteiger partial charge in [0.1, 0.15) is 5.65 Å². The molecule has 3 rings (SSSR count). The van der Waals surface area contributed by atoms with Crippen LogP contribution in [-0.2, 0) is 0 Å². The van der Waals surface area contributed by atoms with E-state index < -0.39 is 0 Å². The summed E-state index contributed by atoms with van der Waals surface area (Å²) in [7, 11) is 4.07. The molecule has 2 N–H and O–H groups in total. The standard InChI is InChI=1S/C15H16N4/c1-19(2)14-5-3-12(4-6-14)18-13-9-11-7-8-16-15(11)17-10-13/h3-10,18H,1-2H3,(H,16,17). The van der Waals surface area contributed by atoms with Crippen LogP contribution in [0.3, 0.4) is 0 Å². The van der Waals surface area contributed by atoms with Crippen molar-refractivity contribution in [2.75, 3.05) is 24.3 Å². The van der Waals surface area contributed by atoms with E-state index in [0.29, 0.717) is 0 Å². The topological polar surface area (TPSA) is 44.0 Å². The molecule has 0 bridgehead atoms. The van der Waals surface area contributed by atoms with Crippen molar-refractivity contribution in [2.24, 2.45) is 0 Å². The van der Waals surface area contributed by atoms with Crippen molar-refractivity contribution >= 4 is 28.1 Å². The molecule has 0 aliphatic carbocycles. The molecule has 0 spiro atoms. The number of nitrogens with one attached hydrogen (secondary N) is 2. The first-order valence-electron chi connectivity index (χ1n) is 6.20. The number of anilines is 3. The van der Waals surface area contributed by atoms with Gasteiger partial charge < -0.3 is 15.2 Å². The smallest absolute Gasteiger partial charge is 0.137 e. The minimum Gasteiger partial charge on any atom is -0.378 e. The van der Waals surface area contributed by atoms with E-state index in [9.17, 15) is 0 Å². The lowest BCUT2D eigenvalue weighted by atomic mass is 10.2. The van der Waals surface area contributed by atoms with Crippen LogP contribution >= 0.6 is 0 Å². The van der Waals surface area contributed by atoms with Crippen molar-refractivity contribution in [1.82, 2.24) is 9.97 Å². The van der Waals surface area contributed by atoms with Gasteiger partial charge in [0.2, 0.25) is 0 Å². The highest BCUT2D eigenvalue weighted by Gasteiger charge is 2.00. The second-order valence-corrected chi connectivity index (χ2v) is 4.71. The van der Waals surface area contributed by atoms with E-state index in [-0.39, 0.29) is 0 Å². The van der Waals surface area contributed by atoms with Crippen molar-refractivity contribution in [1.29, 1.82) is 0 Å². The maximum Gasteiger partial charge on any atom is 0.137 e. The number of H-pyrrole nitrogens is 1. The van der Waals surface area contributed by atoms with E-state index in [2.05, 4.69) is 50.5 Å². The molecule has 2 heterocycles. The van der Waals surface area contributed by atoms with Crippen LogP contribution in [0.1, 0.15) is 0 Å². The Hall–Kier alpha value is -2.49. The van der Waals surface area contributed by atoms with Crippen LogP contribution in [0, 0.1) is 0 Å². The zero-order valence-electron chi connectivity index (χ0n) is 11.0. The highest BCUT2D eigenvalue weighted by atomic mass is 15.1. The average molecular weight is 252 g/mol. The first-order chi connectivity index (χ1) is 9.22. The maximum atomic E-state index is 4.36. The second kappa shape index (κ2) is 4.65. The SMILES string of the molecule is CN(C)c1ccc(Nc2cnc3[nH]ccc3c2)cc1. The molecule has 0 unspecified atom stereocenters. The Morgan fingerprint density at radius 2 is 1.84 bits per heavy atom. The monoisotopic (exact) mass is 252 g/mol. The Morgan fingerprint density at radius 1 is 1.05 bits per heavy atom. The number of rotatable bonds is 3. The van der Waals surface area contributed by atoms with Crippen LogP contribution in [0.4, 0.5) is 17.1 Å². The van der Waals surface area contributed by atoms with Gasteiger partial charge in [-0.2, -0.15) is 0 Å². The molecule has 4 nitrogen and oxygen atoms in total. The van der Waals surface area contributed by atoms with Crippen LogP contribution in [0.2, 0.25) is 0 Å². The summed E-state index contributed by atoms with van der Waals surface area (Å²) in [4.78, 5) is 9.52. The highest BCUT2D eigenvalue weighted by molar-refractivity contribution is 5.80. The van der Waals surface area contributed by atoms with E-state index in [4.69, 9.17) is 0 Å². The third kappa shape index (κ3) is 2.38. The largest absolute Gasteiger partial charge is 0.378 e. The minimum atomic E-state index is 0.911. The first-order valence-corrected chi connectivity index (χ1v) is 6.20. The summed E-state index contributed by atoms with van der Waals surface area (Å²) in [6, 6.07) is 12.4. The highest BCUT2D eigenvalue weighted by Crippen LogP contribution is 2.21. The molecule has 19 heavy (non-hydrogen) atoms. The lowest BCUT2D eigenvalue weighted by Crippen LogP contribution is -2.08. The fourth-order valence-corrected chi connectivity index (χ4v) is 2.02. The molecule has 96 valence electrons. The number of aromatic amines is 1. The maximum absolute atomic E-state index is 4.36. The van der Waals surface area contributed by atoms with Gasteiger partial charge in [0.15, 0.2) is 0 Å². The summed E-state index contributed by atoms with van der Waals surface area (Å²) in [5.41, 5.74) is 4.14. The molecule has 1 aromatic carbocycles. The lowest BCUT2D eigenvalue weighted by Gasteiger charge is -2.13. The number of fused-ring (bicyclic) bond motifs is 1. The molecule has 0 atom stereocenters. The van der Waals surface area contributed by atoms with Crippen molar-refractivity contribution < 1.29 is 0 Å². The summed E-state index contributed by atoms with van der Waals surface area (Å²) in [6.07, 6.45) is 3.73. The Bertz CT molecular complexity index is 683. The fraction of sp³-hybridized carbons (Fsp3) is 0.133. The van der Waals surface area contributed by atoms with Crippen molar-refractivity contribution in [3.63, 3.8) is 0 Å². The predicted octanol–water partition coefficient (Wildman–Crippen LogP) is 3.37. The van der Waals surface area contributed by atoms with Crippen LogP contribution in [0.15, 0.2) is 48.8 Å². The summed E-state index contributed by atoms with van der Waals surface area (Å²) < 4.78 is 0. The summed E-state index contributed by atoms with van der Waals surface area (Å²) >= 11 is 0. The van der Waals surface area contributed by atoms with Gasteiger partial charge in [-0.25, -0.2) is 4.98 Å². The van der Waals surface area contributed by atoms with Gasteiger partial charge in [0.25, 0.3) is 0 Å². The summed E-state index contributed by atoms with van der Waals surface area (Å²) in [5.74, 6) is 0. The van der Waals surface area contributed by atoms with Crippen molar-refractivity contribution in [3.8, 4) is 0 Å². The third-order valence-corrected chi connectivity index (χ3v) is 3.07. The van der Waals surface area contributed by atoms with Crippen LogP contribution in [0.25, 0.3) is 11.0 Å². The molecular weight excluding hydrogens is 236 g/mol. The summed E-state index contributed by atoms with van der Waals surface area (Å²) in [6.45, 7) is 0. The van der Waals surface area contributed by atoms with Gasteiger partial charge in [-0.15, -0.1) is 0 Å². The molecule has 0 aliphatic heterocycles. The number of pyridine rings is 1. The number of hydrogen-bond acceptors (Lipinski definition) is 3. The molecule has 4 heteroatoms. The van der Waals surface area contributed by atoms with E-state index in [1.807, 2.05) is 32.6 Å². The number of hydrogen-bond donors (Lipinski definition) is 2. The Balaban J connectivity index is 1.83. The quantitative estimate of drug-likeness (QED) is 0.751. The average Bonchev–Trinajstić information content (AvgIpc) is 2.87. The van der Waals surface area contributed by atoms with Gasteiger partial charge in [0, 0.05) is 37.1 Å².